The fraction of sp³-hybridized carbons (Fsp3) is 0.391. The molecular weight excluding hydrogens is 446 g/mol. The van der Waals surface area contributed by atoms with E-state index in [1.54, 1.807) is 19.1 Å². The largest absolute Gasteiger partial charge is 0.507 e. The molecule has 1 aromatic carbocycles. The highest BCUT2D eigenvalue weighted by molar-refractivity contribution is 7.89. The summed E-state index contributed by atoms with van der Waals surface area (Å²) in [6.07, 6.45) is 0.632. The Morgan fingerprint density at radius 3 is 2.21 bits per heavy atom. The molecule has 0 spiro atoms. The molecule has 1 fully saturated rings. The second kappa shape index (κ2) is 9.50. The number of hydrogen-bond donors (Lipinski definition) is 1. The predicted molar refractivity (Wildman–Crippen MR) is 123 cm³/mol. The second-order valence-corrected chi connectivity index (χ2v) is 10.6. The number of amides is 1. The average Bonchev–Trinajstić information content (AvgIpc) is 3.29. The molecule has 0 bridgehead atoms. The Balaban J connectivity index is 2.05. The number of Topliss-reactive ketones (excluding diaryl/α,β-unsaturated/α-hetero) is 1. The standard InChI is InChI=1S/C23H29N3O6S/c1-15-7-12-18(32-15)20-19(22(28)23(29)26(20)14-6-13-24(2)3)21(27)16-8-10-17(11-9-16)33(30,31)25(4)5/h7-12,20,27H,6,13-14H2,1-5H3/t20-/m1/s1. The molecule has 1 N–H and O–H groups in total. The molecule has 0 aliphatic carbocycles. The van der Waals surface area contributed by atoms with Gasteiger partial charge in [-0.3, -0.25) is 9.59 Å². The van der Waals surface area contributed by atoms with Crippen molar-refractivity contribution >= 4 is 27.5 Å². The molecular formula is C23H29N3O6S. The molecule has 1 aromatic heterocycles. The number of likely N-dealkylation sites (tertiary alicyclic amines) is 1. The third-order valence-electron chi connectivity index (χ3n) is 5.48. The third kappa shape index (κ3) is 4.87. The van der Waals surface area contributed by atoms with Gasteiger partial charge >= 0.3 is 0 Å². The molecule has 1 saturated heterocycles. The second-order valence-electron chi connectivity index (χ2n) is 8.41. The minimum absolute atomic E-state index is 0.0476. The maximum atomic E-state index is 13.0. The minimum atomic E-state index is -3.65. The summed E-state index contributed by atoms with van der Waals surface area (Å²) >= 11 is 0. The summed E-state index contributed by atoms with van der Waals surface area (Å²) in [5.41, 5.74) is 0.148. The van der Waals surface area contributed by atoms with E-state index in [9.17, 15) is 23.1 Å². The van der Waals surface area contributed by atoms with Gasteiger partial charge in [-0.05, 0) is 70.4 Å². The van der Waals surface area contributed by atoms with Crippen molar-refractivity contribution in [1.29, 1.82) is 0 Å². The monoisotopic (exact) mass is 475 g/mol. The average molecular weight is 476 g/mol. The lowest BCUT2D eigenvalue weighted by atomic mass is 9.99. The number of carbonyl (C=O) groups excluding carboxylic acids is 2. The van der Waals surface area contributed by atoms with Gasteiger partial charge in [0.25, 0.3) is 11.7 Å². The van der Waals surface area contributed by atoms with Crippen LogP contribution in [0.5, 0.6) is 0 Å². The van der Waals surface area contributed by atoms with Gasteiger partial charge in [-0.15, -0.1) is 0 Å². The summed E-state index contributed by atoms with van der Waals surface area (Å²) in [5, 5.41) is 11.1. The Kier molecular flexibility index (Phi) is 7.11. The minimum Gasteiger partial charge on any atom is -0.507 e. The summed E-state index contributed by atoms with van der Waals surface area (Å²) in [6, 6.07) is 8.07. The van der Waals surface area contributed by atoms with Crippen molar-refractivity contribution in [3.63, 3.8) is 0 Å². The number of ketones is 1. The SMILES string of the molecule is Cc1ccc([C@@H]2C(=C(O)c3ccc(S(=O)(=O)N(C)C)cc3)C(=O)C(=O)N2CCCN(C)C)o1. The van der Waals surface area contributed by atoms with Crippen molar-refractivity contribution in [3.05, 3.63) is 59.1 Å². The number of carbonyl (C=O) groups is 2. The van der Waals surface area contributed by atoms with Crippen LogP contribution >= 0.6 is 0 Å². The highest BCUT2D eigenvalue weighted by atomic mass is 32.2. The van der Waals surface area contributed by atoms with Crippen LogP contribution < -0.4 is 0 Å². The lowest BCUT2D eigenvalue weighted by Crippen LogP contribution is -2.32. The van der Waals surface area contributed by atoms with Crippen LogP contribution in [0.25, 0.3) is 5.76 Å². The van der Waals surface area contributed by atoms with Crippen LogP contribution in [-0.4, -0.2) is 80.6 Å². The molecule has 2 heterocycles. The van der Waals surface area contributed by atoms with E-state index < -0.39 is 27.8 Å². The third-order valence-corrected chi connectivity index (χ3v) is 7.31. The van der Waals surface area contributed by atoms with Gasteiger partial charge in [0.1, 0.15) is 23.3 Å². The first kappa shape index (κ1) is 24.7. The molecule has 3 rings (SSSR count). The Hall–Kier alpha value is -2.95. The Morgan fingerprint density at radius 1 is 1.06 bits per heavy atom. The first-order valence-electron chi connectivity index (χ1n) is 10.5. The van der Waals surface area contributed by atoms with E-state index in [0.717, 1.165) is 4.31 Å². The van der Waals surface area contributed by atoms with Gasteiger partial charge in [-0.1, -0.05) is 0 Å². The van der Waals surface area contributed by atoms with E-state index in [1.165, 1.54) is 43.3 Å². The molecule has 0 unspecified atom stereocenters. The molecule has 1 aliphatic rings. The van der Waals surface area contributed by atoms with E-state index in [-0.39, 0.29) is 21.8 Å². The zero-order valence-corrected chi connectivity index (χ0v) is 20.2. The van der Waals surface area contributed by atoms with Gasteiger partial charge in [0.2, 0.25) is 10.0 Å². The summed E-state index contributed by atoms with van der Waals surface area (Å²) in [5.74, 6) is -0.897. The molecule has 10 heteroatoms. The smallest absolute Gasteiger partial charge is 0.295 e. The Bertz CT molecular complexity index is 1180. The van der Waals surface area contributed by atoms with Crippen LogP contribution in [0.1, 0.15) is 29.5 Å². The zero-order chi connectivity index (χ0) is 24.5. The number of hydrogen-bond acceptors (Lipinski definition) is 7. The quantitative estimate of drug-likeness (QED) is 0.354. The number of aliphatic hydroxyl groups is 1. The first-order chi connectivity index (χ1) is 15.4. The molecule has 1 amide bonds. The maximum Gasteiger partial charge on any atom is 0.295 e. The number of sulfonamides is 1. The first-order valence-corrected chi connectivity index (χ1v) is 11.9. The fourth-order valence-corrected chi connectivity index (χ4v) is 4.62. The highest BCUT2D eigenvalue weighted by Gasteiger charge is 2.47. The maximum absolute atomic E-state index is 13.0. The summed E-state index contributed by atoms with van der Waals surface area (Å²) in [6.45, 7) is 2.78. The van der Waals surface area contributed by atoms with Gasteiger partial charge in [-0.2, -0.15) is 0 Å². The molecule has 9 nitrogen and oxygen atoms in total. The number of benzene rings is 1. The number of furan rings is 1. The summed E-state index contributed by atoms with van der Waals surface area (Å²) < 4.78 is 31.5. The van der Waals surface area contributed by atoms with Gasteiger partial charge in [0.15, 0.2) is 0 Å². The van der Waals surface area contributed by atoms with E-state index in [4.69, 9.17) is 4.42 Å². The van der Waals surface area contributed by atoms with Crippen molar-refractivity contribution < 1.29 is 27.5 Å². The molecule has 2 aromatic rings. The van der Waals surface area contributed by atoms with Crippen molar-refractivity contribution in [2.75, 3.05) is 41.3 Å². The lowest BCUT2D eigenvalue weighted by molar-refractivity contribution is -0.140. The van der Waals surface area contributed by atoms with Gasteiger partial charge in [0.05, 0.1) is 10.5 Å². The van der Waals surface area contributed by atoms with Crippen LogP contribution in [0, 0.1) is 6.92 Å². The number of nitrogens with zero attached hydrogens (tertiary/aromatic N) is 3. The number of aliphatic hydroxyl groups excluding tert-OH is 1. The van der Waals surface area contributed by atoms with E-state index in [1.807, 2.05) is 19.0 Å². The van der Waals surface area contributed by atoms with Crippen molar-refractivity contribution in [2.45, 2.75) is 24.3 Å². The number of aryl methyl sites for hydroxylation is 1. The van der Waals surface area contributed by atoms with Crippen LogP contribution in [0.15, 0.2) is 51.3 Å². The molecule has 33 heavy (non-hydrogen) atoms. The van der Waals surface area contributed by atoms with Crippen LogP contribution in [0.2, 0.25) is 0 Å². The van der Waals surface area contributed by atoms with Gasteiger partial charge < -0.3 is 19.3 Å². The number of rotatable bonds is 8. The van der Waals surface area contributed by atoms with Gasteiger partial charge in [-0.25, -0.2) is 12.7 Å². The molecule has 0 saturated carbocycles. The molecule has 0 radical (unpaired) electrons. The molecule has 1 atom stereocenters. The van der Waals surface area contributed by atoms with Crippen molar-refractivity contribution in [2.24, 2.45) is 0 Å². The summed E-state index contributed by atoms with van der Waals surface area (Å²) in [4.78, 5) is 29.3. The molecule has 1 aliphatic heterocycles. The summed E-state index contributed by atoms with van der Waals surface area (Å²) in [7, 11) is 3.03. The Labute approximate surface area is 193 Å². The van der Waals surface area contributed by atoms with Crippen molar-refractivity contribution in [1.82, 2.24) is 14.1 Å². The van der Waals surface area contributed by atoms with E-state index in [2.05, 4.69) is 0 Å². The zero-order valence-electron chi connectivity index (χ0n) is 19.4. The highest BCUT2D eigenvalue weighted by Crippen LogP contribution is 2.40. The van der Waals surface area contributed by atoms with Crippen LogP contribution in [-0.2, 0) is 19.6 Å². The van der Waals surface area contributed by atoms with Crippen molar-refractivity contribution in [3.8, 4) is 0 Å². The predicted octanol–water partition coefficient (Wildman–Crippen LogP) is 2.21. The molecule has 178 valence electrons. The van der Waals surface area contributed by atoms with Crippen LogP contribution in [0.4, 0.5) is 0 Å². The van der Waals surface area contributed by atoms with Gasteiger partial charge in [0, 0.05) is 26.2 Å². The van der Waals surface area contributed by atoms with E-state index >= 15 is 0 Å². The Morgan fingerprint density at radius 2 is 1.70 bits per heavy atom. The fourth-order valence-electron chi connectivity index (χ4n) is 3.72. The van der Waals surface area contributed by atoms with E-state index in [0.29, 0.717) is 31.0 Å². The normalized spacial score (nSPS) is 18.6. The van der Waals surface area contributed by atoms with Crippen LogP contribution in [0.3, 0.4) is 0 Å². The topological polar surface area (TPSA) is 111 Å². The lowest BCUT2D eigenvalue weighted by Gasteiger charge is -2.24.